The molecule has 0 fully saturated rings. The summed E-state index contributed by atoms with van der Waals surface area (Å²) in [5.41, 5.74) is 8.20. The molecule has 0 aromatic heterocycles. The van der Waals surface area contributed by atoms with E-state index in [2.05, 4.69) is 25.6 Å². The summed E-state index contributed by atoms with van der Waals surface area (Å²) in [6.45, 7) is 5.78. The first kappa shape index (κ1) is 9.01. The fourth-order valence-electron chi connectivity index (χ4n) is 1.11. The van der Waals surface area contributed by atoms with Crippen molar-refractivity contribution in [2.24, 2.45) is 5.73 Å². The molecule has 0 radical (unpaired) electrons. The zero-order valence-corrected chi connectivity index (χ0v) is 7.46. The summed E-state index contributed by atoms with van der Waals surface area (Å²) in [6, 6.07) is 8.37. The lowest BCUT2D eigenvalue weighted by atomic mass is 10.0. The topological polar surface area (TPSA) is 26.0 Å². The number of benzene rings is 1. The Hall–Kier alpha value is -1.08. The third kappa shape index (κ3) is 1.95. The molecule has 1 nitrogen and oxygen atoms in total. The predicted molar refractivity (Wildman–Crippen MR) is 53.8 cm³/mol. The van der Waals surface area contributed by atoms with Gasteiger partial charge in [-0.2, -0.15) is 0 Å². The molecule has 0 amide bonds. The van der Waals surface area contributed by atoms with E-state index in [0.717, 1.165) is 12.0 Å². The van der Waals surface area contributed by atoms with Gasteiger partial charge in [0.15, 0.2) is 0 Å². The second-order valence-corrected chi connectivity index (χ2v) is 2.89. The highest BCUT2D eigenvalue weighted by Crippen LogP contribution is 2.14. The van der Waals surface area contributed by atoms with Crippen molar-refractivity contribution in [2.45, 2.75) is 19.4 Å². The first-order chi connectivity index (χ1) is 5.77. The molecule has 1 aromatic carbocycles. The Bertz CT molecular complexity index is 248. The van der Waals surface area contributed by atoms with Crippen LogP contribution in [0.25, 0.3) is 6.08 Å². The molecule has 2 N–H and O–H groups in total. The van der Waals surface area contributed by atoms with Crippen LogP contribution < -0.4 is 5.73 Å². The molecular weight excluding hydrogens is 146 g/mol. The van der Waals surface area contributed by atoms with Gasteiger partial charge in [-0.05, 0) is 17.5 Å². The minimum atomic E-state index is 0.170. The van der Waals surface area contributed by atoms with Gasteiger partial charge in [0.1, 0.15) is 0 Å². The number of hydrogen-bond acceptors (Lipinski definition) is 1. The number of hydrogen-bond donors (Lipinski definition) is 1. The molecule has 1 heteroatoms. The maximum Gasteiger partial charge on any atom is 0.0292 e. The summed E-state index contributed by atoms with van der Waals surface area (Å²) in [6.07, 6.45) is 2.81. The zero-order valence-electron chi connectivity index (χ0n) is 7.46. The maximum absolute atomic E-state index is 5.86. The maximum atomic E-state index is 5.86. The predicted octanol–water partition coefficient (Wildman–Crippen LogP) is 2.74. The lowest BCUT2D eigenvalue weighted by molar-refractivity contribution is 0.699. The lowest BCUT2D eigenvalue weighted by Gasteiger charge is -2.08. The molecule has 0 bridgehead atoms. The van der Waals surface area contributed by atoms with Gasteiger partial charge in [0.25, 0.3) is 0 Å². The van der Waals surface area contributed by atoms with E-state index in [4.69, 9.17) is 5.73 Å². The first-order valence-electron chi connectivity index (χ1n) is 4.26. The quantitative estimate of drug-likeness (QED) is 0.724. The van der Waals surface area contributed by atoms with Gasteiger partial charge in [-0.1, -0.05) is 43.8 Å². The monoisotopic (exact) mass is 161 g/mol. The van der Waals surface area contributed by atoms with Crippen molar-refractivity contribution in [3.05, 3.63) is 42.0 Å². The van der Waals surface area contributed by atoms with Gasteiger partial charge in [-0.15, -0.1) is 0 Å². The van der Waals surface area contributed by atoms with Gasteiger partial charge in [-0.3, -0.25) is 0 Å². The smallest absolute Gasteiger partial charge is 0.0292 e. The summed E-state index contributed by atoms with van der Waals surface area (Å²) in [4.78, 5) is 0. The van der Waals surface area contributed by atoms with Crippen LogP contribution in [-0.4, -0.2) is 0 Å². The Labute approximate surface area is 73.9 Å². The van der Waals surface area contributed by atoms with Crippen LogP contribution >= 0.6 is 0 Å². The molecule has 0 aliphatic rings. The molecule has 1 aromatic rings. The van der Waals surface area contributed by atoms with E-state index in [1.54, 1.807) is 0 Å². The average molecular weight is 161 g/mol. The van der Waals surface area contributed by atoms with E-state index >= 15 is 0 Å². The van der Waals surface area contributed by atoms with Crippen molar-refractivity contribution in [1.82, 2.24) is 0 Å². The third-order valence-corrected chi connectivity index (χ3v) is 2.04. The van der Waals surface area contributed by atoms with E-state index in [-0.39, 0.29) is 6.04 Å². The molecule has 0 spiro atoms. The highest BCUT2D eigenvalue weighted by atomic mass is 14.6. The SMILES string of the molecule is C=Cc1ccc([C@H](N)CC)cc1. The van der Waals surface area contributed by atoms with Crippen molar-refractivity contribution < 1.29 is 0 Å². The van der Waals surface area contributed by atoms with Crippen LogP contribution in [0.5, 0.6) is 0 Å². The van der Waals surface area contributed by atoms with Crippen LogP contribution in [-0.2, 0) is 0 Å². The molecule has 1 atom stereocenters. The van der Waals surface area contributed by atoms with Gasteiger partial charge in [0.2, 0.25) is 0 Å². The van der Waals surface area contributed by atoms with Crippen LogP contribution in [0.15, 0.2) is 30.8 Å². The van der Waals surface area contributed by atoms with Crippen LogP contribution in [0.4, 0.5) is 0 Å². The Balaban J connectivity index is 2.84. The Kier molecular flexibility index (Phi) is 3.06. The number of rotatable bonds is 3. The lowest BCUT2D eigenvalue weighted by Crippen LogP contribution is -2.07. The van der Waals surface area contributed by atoms with E-state index in [1.165, 1.54) is 5.56 Å². The van der Waals surface area contributed by atoms with Gasteiger partial charge in [-0.25, -0.2) is 0 Å². The molecule has 0 unspecified atom stereocenters. The van der Waals surface area contributed by atoms with Crippen molar-refractivity contribution >= 4 is 6.08 Å². The van der Waals surface area contributed by atoms with Crippen LogP contribution in [0, 0.1) is 0 Å². The van der Waals surface area contributed by atoms with Crippen molar-refractivity contribution in [3.8, 4) is 0 Å². The first-order valence-corrected chi connectivity index (χ1v) is 4.26. The van der Waals surface area contributed by atoms with Crippen LogP contribution in [0.3, 0.4) is 0 Å². The van der Waals surface area contributed by atoms with E-state index in [9.17, 15) is 0 Å². The fourth-order valence-corrected chi connectivity index (χ4v) is 1.11. The van der Waals surface area contributed by atoms with Gasteiger partial charge < -0.3 is 5.73 Å². The largest absolute Gasteiger partial charge is 0.324 e. The second-order valence-electron chi connectivity index (χ2n) is 2.89. The van der Waals surface area contributed by atoms with Crippen LogP contribution in [0.1, 0.15) is 30.5 Å². The van der Waals surface area contributed by atoms with E-state index in [0.29, 0.717) is 0 Å². The van der Waals surface area contributed by atoms with Gasteiger partial charge in [0, 0.05) is 6.04 Å². The molecule has 12 heavy (non-hydrogen) atoms. The van der Waals surface area contributed by atoms with E-state index in [1.807, 2.05) is 18.2 Å². The summed E-state index contributed by atoms with van der Waals surface area (Å²) >= 11 is 0. The molecule has 0 saturated carbocycles. The summed E-state index contributed by atoms with van der Waals surface area (Å²) in [5, 5.41) is 0. The van der Waals surface area contributed by atoms with Crippen molar-refractivity contribution in [3.63, 3.8) is 0 Å². The summed E-state index contributed by atoms with van der Waals surface area (Å²) < 4.78 is 0. The normalized spacial score (nSPS) is 12.5. The molecule has 64 valence electrons. The summed E-state index contributed by atoms with van der Waals surface area (Å²) in [7, 11) is 0. The van der Waals surface area contributed by atoms with Crippen molar-refractivity contribution in [2.75, 3.05) is 0 Å². The third-order valence-electron chi connectivity index (χ3n) is 2.04. The zero-order chi connectivity index (χ0) is 8.97. The Morgan fingerprint density at radius 1 is 1.42 bits per heavy atom. The average Bonchev–Trinajstić information content (AvgIpc) is 2.17. The van der Waals surface area contributed by atoms with E-state index < -0.39 is 0 Å². The van der Waals surface area contributed by atoms with Crippen LogP contribution in [0.2, 0.25) is 0 Å². The molecule has 0 saturated heterocycles. The molecular formula is C11H15N. The minimum Gasteiger partial charge on any atom is -0.324 e. The van der Waals surface area contributed by atoms with Gasteiger partial charge in [0.05, 0.1) is 0 Å². The standard InChI is InChI=1S/C11H15N/c1-3-9-5-7-10(8-6-9)11(12)4-2/h3,5-8,11H,1,4,12H2,2H3/t11-/m1/s1. The molecule has 0 aliphatic carbocycles. The number of nitrogens with two attached hydrogens (primary N) is 1. The molecule has 1 rings (SSSR count). The van der Waals surface area contributed by atoms with Crippen molar-refractivity contribution in [1.29, 1.82) is 0 Å². The second kappa shape index (κ2) is 4.07. The fraction of sp³-hybridized carbons (Fsp3) is 0.273. The minimum absolute atomic E-state index is 0.170. The Morgan fingerprint density at radius 2 is 2.00 bits per heavy atom. The summed E-state index contributed by atoms with van der Waals surface area (Å²) in [5.74, 6) is 0. The highest BCUT2D eigenvalue weighted by molar-refractivity contribution is 5.47. The Morgan fingerprint density at radius 3 is 2.42 bits per heavy atom. The van der Waals surface area contributed by atoms with Gasteiger partial charge >= 0.3 is 0 Å². The highest BCUT2D eigenvalue weighted by Gasteiger charge is 2.00. The molecule has 0 aliphatic heterocycles. The molecule has 0 heterocycles.